The van der Waals surface area contributed by atoms with Crippen LogP contribution in [-0.2, 0) is 65.4 Å². The van der Waals surface area contributed by atoms with Gasteiger partial charge < -0.3 is 33.8 Å². The number of carbonyl (C=O) groups is 4. The van der Waals surface area contributed by atoms with Crippen LogP contribution in [0.2, 0.25) is 0 Å². The van der Waals surface area contributed by atoms with Crippen LogP contribution in [0.1, 0.15) is 414 Å². The van der Waals surface area contributed by atoms with Gasteiger partial charge in [-0.1, -0.05) is 363 Å². The molecule has 0 spiro atoms. The smallest absolute Gasteiger partial charge is 0.462 e. The maximum atomic E-state index is 13.1. The first-order chi connectivity index (χ1) is 47.4. The first kappa shape index (κ1) is 96.1. The van der Waals surface area contributed by atoms with Crippen LogP contribution in [0.3, 0.4) is 0 Å². The number of rotatable bonds is 78. The molecular weight excluding hydrogens is 1280 g/mol. The Morgan fingerprint density at radius 2 is 0.520 bits per heavy atom. The van der Waals surface area contributed by atoms with Gasteiger partial charge in [-0.25, -0.2) is 9.13 Å². The third-order valence-corrected chi connectivity index (χ3v) is 20.7. The van der Waals surface area contributed by atoms with E-state index in [0.29, 0.717) is 25.7 Å². The van der Waals surface area contributed by atoms with E-state index in [1.807, 2.05) is 0 Å². The summed E-state index contributed by atoms with van der Waals surface area (Å²) in [4.78, 5) is 72.6. The lowest BCUT2D eigenvalue weighted by atomic mass is 9.99. The molecular formula is C79H154O17P2. The van der Waals surface area contributed by atoms with E-state index in [9.17, 15) is 43.2 Å². The SMILES string of the molecule is CCCCCCCCCCCCCCCCC(=O)O[C@H](COC(=O)CCCCCCC)COP(=O)(O)OC[C@H](O)COP(=O)(O)OC[C@@H](COC(=O)CCCCCCCCCCCCCCCCC(C)C)OC(=O)CCCCCCCCCCCCCCCCCCCCC(C)CC. The standard InChI is InChI=1S/C79H154O17P2/c1-7-10-12-14-15-16-17-18-29-35-40-45-51-57-63-78(83)95-74(67-89-76(81)61-55-47-13-11-8-2)69-93-97(85,86)91-65-73(80)66-92-98(87,88)94-70-75(68-90-77(82)62-56-50-44-39-34-30-26-25-27-32-37-42-48-53-59-71(4)5)96-79(84)64-58-52-46-41-36-31-24-22-20-19-21-23-28-33-38-43-49-54-60-72(6)9-3/h71-75,80H,7-70H2,1-6H3,(H,85,86)(H,87,88)/t72?,73-,74+,75+/m0/s1. The van der Waals surface area contributed by atoms with Gasteiger partial charge in [0.2, 0.25) is 0 Å². The molecule has 19 heteroatoms. The zero-order valence-corrected chi connectivity index (χ0v) is 65.9. The van der Waals surface area contributed by atoms with Gasteiger partial charge in [-0.15, -0.1) is 0 Å². The summed E-state index contributed by atoms with van der Waals surface area (Å²) in [6, 6.07) is 0. The van der Waals surface area contributed by atoms with Gasteiger partial charge in [-0.2, -0.15) is 0 Å². The van der Waals surface area contributed by atoms with Crippen molar-refractivity contribution in [3.8, 4) is 0 Å². The molecule has 3 unspecified atom stereocenters. The Balaban J connectivity index is 5.12. The number of hydrogen-bond donors (Lipinski definition) is 3. The zero-order valence-electron chi connectivity index (χ0n) is 64.1. The summed E-state index contributed by atoms with van der Waals surface area (Å²) in [5.74, 6) is -0.452. The van der Waals surface area contributed by atoms with E-state index < -0.39 is 97.5 Å². The highest BCUT2D eigenvalue weighted by molar-refractivity contribution is 7.47. The molecule has 0 fully saturated rings. The van der Waals surface area contributed by atoms with Crippen molar-refractivity contribution in [2.24, 2.45) is 11.8 Å². The van der Waals surface area contributed by atoms with Gasteiger partial charge in [-0.05, 0) is 37.5 Å². The van der Waals surface area contributed by atoms with Crippen molar-refractivity contribution in [3.63, 3.8) is 0 Å². The number of carbonyl (C=O) groups excluding carboxylic acids is 4. The van der Waals surface area contributed by atoms with E-state index in [1.54, 1.807) is 0 Å². The Morgan fingerprint density at radius 1 is 0.296 bits per heavy atom. The monoisotopic (exact) mass is 1440 g/mol. The molecule has 0 saturated carbocycles. The fourth-order valence-electron chi connectivity index (χ4n) is 12.2. The van der Waals surface area contributed by atoms with E-state index in [4.69, 9.17) is 37.0 Å². The van der Waals surface area contributed by atoms with Crippen LogP contribution in [0.25, 0.3) is 0 Å². The van der Waals surface area contributed by atoms with Crippen LogP contribution in [-0.4, -0.2) is 96.7 Å². The van der Waals surface area contributed by atoms with Crippen molar-refractivity contribution in [1.82, 2.24) is 0 Å². The van der Waals surface area contributed by atoms with Crippen LogP contribution in [0, 0.1) is 11.8 Å². The fourth-order valence-corrected chi connectivity index (χ4v) is 13.7. The Kier molecular flexibility index (Phi) is 69.3. The van der Waals surface area contributed by atoms with Crippen molar-refractivity contribution < 1.29 is 80.2 Å². The maximum Gasteiger partial charge on any atom is 0.472 e. The summed E-state index contributed by atoms with van der Waals surface area (Å²) in [6.45, 7) is 9.62. The molecule has 582 valence electrons. The number of unbranched alkanes of at least 4 members (excludes halogenated alkanes) is 47. The molecule has 0 aromatic heterocycles. The van der Waals surface area contributed by atoms with Crippen molar-refractivity contribution in [2.75, 3.05) is 39.6 Å². The lowest BCUT2D eigenvalue weighted by molar-refractivity contribution is -0.161. The molecule has 17 nitrogen and oxygen atoms in total. The van der Waals surface area contributed by atoms with Crippen LogP contribution in [0.15, 0.2) is 0 Å². The van der Waals surface area contributed by atoms with Crippen molar-refractivity contribution in [2.45, 2.75) is 432 Å². The van der Waals surface area contributed by atoms with Gasteiger partial charge in [0.1, 0.15) is 19.3 Å². The van der Waals surface area contributed by atoms with Crippen LogP contribution in [0.5, 0.6) is 0 Å². The average molecular weight is 1440 g/mol. The molecule has 6 atom stereocenters. The largest absolute Gasteiger partial charge is 0.472 e. The summed E-state index contributed by atoms with van der Waals surface area (Å²) >= 11 is 0. The molecule has 0 heterocycles. The number of phosphoric ester groups is 2. The topological polar surface area (TPSA) is 237 Å². The molecule has 0 radical (unpaired) electrons. The highest BCUT2D eigenvalue weighted by Crippen LogP contribution is 2.45. The first-order valence-corrected chi connectivity index (χ1v) is 44.0. The molecule has 0 bridgehead atoms. The molecule has 0 aliphatic carbocycles. The highest BCUT2D eigenvalue weighted by Gasteiger charge is 2.30. The molecule has 0 aliphatic heterocycles. The van der Waals surface area contributed by atoms with E-state index >= 15 is 0 Å². The van der Waals surface area contributed by atoms with E-state index in [0.717, 1.165) is 108 Å². The normalized spacial score (nSPS) is 14.2. The third kappa shape index (κ3) is 71.1. The third-order valence-electron chi connectivity index (χ3n) is 18.8. The minimum Gasteiger partial charge on any atom is -0.462 e. The second-order valence-electron chi connectivity index (χ2n) is 29.2. The summed E-state index contributed by atoms with van der Waals surface area (Å²) < 4.78 is 68.4. The summed E-state index contributed by atoms with van der Waals surface area (Å²) in [7, 11) is -9.90. The predicted octanol–water partition coefficient (Wildman–Crippen LogP) is 23.5. The van der Waals surface area contributed by atoms with Crippen LogP contribution < -0.4 is 0 Å². The first-order valence-electron chi connectivity index (χ1n) is 41.0. The zero-order chi connectivity index (χ0) is 72.1. The molecule has 0 amide bonds. The van der Waals surface area contributed by atoms with E-state index in [1.165, 1.54) is 225 Å². The highest BCUT2D eigenvalue weighted by atomic mass is 31.2. The van der Waals surface area contributed by atoms with Gasteiger partial charge >= 0.3 is 39.5 Å². The molecule has 0 aliphatic rings. The molecule has 0 aromatic rings. The lowest BCUT2D eigenvalue weighted by Gasteiger charge is -2.21. The lowest BCUT2D eigenvalue weighted by Crippen LogP contribution is -2.30. The van der Waals surface area contributed by atoms with Crippen molar-refractivity contribution in [1.29, 1.82) is 0 Å². The second-order valence-corrected chi connectivity index (χ2v) is 32.1. The average Bonchev–Trinajstić information content (AvgIpc) is 1.83. The minimum atomic E-state index is -4.96. The number of hydrogen-bond acceptors (Lipinski definition) is 15. The Labute approximate surface area is 600 Å². The molecule has 0 aromatic carbocycles. The second kappa shape index (κ2) is 70.7. The van der Waals surface area contributed by atoms with Gasteiger partial charge in [-0.3, -0.25) is 37.3 Å². The van der Waals surface area contributed by atoms with E-state index in [-0.39, 0.29) is 25.7 Å². The Morgan fingerprint density at radius 3 is 0.776 bits per heavy atom. The van der Waals surface area contributed by atoms with Crippen LogP contribution >= 0.6 is 15.6 Å². The van der Waals surface area contributed by atoms with Gasteiger partial charge in [0.05, 0.1) is 26.4 Å². The fraction of sp³-hybridized carbons (Fsp3) is 0.949. The van der Waals surface area contributed by atoms with Crippen LogP contribution in [0.4, 0.5) is 0 Å². The molecule has 0 saturated heterocycles. The van der Waals surface area contributed by atoms with Gasteiger partial charge in [0.25, 0.3) is 0 Å². The molecule has 3 N–H and O–H groups in total. The molecule has 0 rings (SSSR count). The Bertz CT molecular complexity index is 1890. The minimum absolute atomic E-state index is 0.107. The quantitative estimate of drug-likeness (QED) is 0.0222. The number of aliphatic hydroxyl groups is 1. The molecule has 98 heavy (non-hydrogen) atoms. The summed E-state index contributed by atoms with van der Waals surface area (Å²) in [6.07, 6.45) is 60.1. The van der Waals surface area contributed by atoms with E-state index in [2.05, 4.69) is 41.5 Å². The number of esters is 4. The number of aliphatic hydroxyl groups excluding tert-OH is 1. The van der Waals surface area contributed by atoms with Crippen molar-refractivity contribution >= 4 is 39.5 Å². The maximum absolute atomic E-state index is 13.1. The number of ether oxygens (including phenoxy) is 4. The summed E-state index contributed by atoms with van der Waals surface area (Å²) in [5.41, 5.74) is 0. The Hall–Kier alpha value is -1.94. The predicted molar refractivity (Wildman–Crippen MR) is 400 cm³/mol. The summed E-state index contributed by atoms with van der Waals surface area (Å²) in [5, 5.41) is 10.6. The van der Waals surface area contributed by atoms with Gasteiger partial charge in [0.15, 0.2) is 12.2 Å². The number of phosphoric acid groups is 2. The van der Waals surface area contributed by atoms with Crippen molar-refractivity contribution in [3.05, 3.63) is 0 Å². The van der Waals surface area contributed by atoms with Gasteiger partial charge in [0, 0.05) is 25.7 Å².